The van der Waals surface area contributed by atoms with Crippen molar-refractivity contribution in [2.45, 2.75) is 38.5 Å². The molecule has 1 fully saturated rings. The molecule has 0 saturated heterocycles. The first-order valence-electron chi connectivity index (χ1n) is 7.16. The van der Waals surface area contributed by atoms with Crippen LogP contribution in [0.15, 0.2) is 22.7 Å². The maximum absolute atomic E-state index is 5.52. The highest BCUT2D eigenvalue weighted by Crippen LogP contribution is 2.40. The Morgan fingerprint density at radius 1 is 1.26 bits per heavy atom. The second-order valence-electron chi connectivity index (χ2n) is 5.72. The molecule has 0 atom stereocenters. The predicted molar refractivity (Wildman–Crippen MR) is 83.8 cm³/mol. The van der Waals surface area contributed by atoms with Gasteiger partial charge in [-0.15, -0.1) is 0 Å². The van der Waals surface area contributed by atoms with Crippen molar-refractivity contribution < 1.29 is 4.74 Å². The van der Waals surface area contributed by atoms with Crippen LogP contribution in [0.1, 0.15) is 37.7 Å². The fourth-order valence-electron chi connectivity index (χ4n) is 3.38. The zero-order valence-corrected chi connectivity index (χ0v) is 13.6. The molecule has 0 amide bonds. The average Bonchev–Trinajstić information content (AvgIpc) is 2.40. The maximum atomic E-state index is 5.52. The summed E-state index contributed by atoms with van der Waals surface area (Å²) in [7, 11) is 3.83. The number of methoxy groups -OCH3 is 1. The lowest BCUT2D eigenvalue weighted by Crippen LogP contribution is -2.36. The van der Waals surface area contributed by atoms with Gasteiger partial charge in [-0.25, -0.2) is 0 Å². The van der Waals surface area contributed by atoms with Crippen molar-refractivity contribution in [1.29, 1.82) is 0 Å². The third kappa shape index (κ3) is 3.73. The molecule has 1 saturated carbocycles. The monoisotopic (exact) mass is 325 g/mol. The van der Waals surface area contributed by atoms with E-state index in [0.29, 0.717) is 5.41 Å². The molecule has 0 heterocycles. The first kappa shape index (κ1) is 14.9. The molecular weight excluding hydrogens is 302 g/mol. The van der Waals surface area contributed by atoms with Gasteiger partial charge in [-0.3, -0.25) is 0 Å². The fraction of sp³-hybridized carbons (Fsp3) is 0.625. The predicted octanol–water partition coefficient (Wildman–Crippen LogP) is 4.17. The minimum atomic E-state index is 0.404. The van der Waals surface area contributed by atoms with Gasteiger partial charge in [-0.05, 0) is 55.5 Å². The summed E-state index contributed by atoms with van der Waals surface area (Å²) in [5.74, 6) is 1.02. The van der Waals surface area contributed by atoms with E-state index in [4.69, 9.17) is 4.74 Å². The van der Waals surface area contributed by atoms with Gasteiger partial charge in [0.2, 0.25) is 0 Å². The van der Waals surface area contributed by atoms with Crippen LogP contribution in [0, 0.1) is 5.41 Å². The van der Waals surface area contributed by atoms with Crippen LogP contribution < -0.4 is 10.1 Å². The van der Waals surface area contributed by atoms with Crippen LogP contribution in [-0.2, 0) is 6.42 Å². The van der Waals surface area contributed by atoms with Crippen molar-refractivity contribution >= 4 is 15.9 Å². The zero-order valence-electron chi connectivity index (χ0n) is 12.0. The van der Waals surface area contributed by atoms with Crippen molar-refractivity contribution in [3.8, 4) is 5.75 Å². The van der Waals surface area contributed by atoms with Gasteiger partial charge in [0, 0.05) is 11.0 Å². The number of halogens is 1. The van der Waals surface area contributed by atoms with E-state index in [2.05, 4.69) is 40.4 Å². The topological polar surface area (TPSA) is 21.3 Å². The van der Waals surface area contributed by atoms with E-state index in [9.17, 15) is 0 Å². The van der Waals surface area contributed by atoms with E-state index in [1.165, 1.54) is 37.7 Å². The van der Waals surface area contributed by atoms with Crippen molar-refractivity contribution in [2.24, 2.45) is 5.41 Å². The van der Waals surface area contributed by atoms with Crippen molar-refractivity contribution in [3.63, 3.8) is 0 Å². The standard InChI is InChI=1S/C16H24BrNO/c1-18-12-16(8-4-3-5-9-16)11-13-10-14(17)6-7-15(13)19-2/h6-7,10,18H,3-5,8-9,11-12H2,1-2H3. The number of ether oxygens (including phenoxy) is 1. The largest absolute Gasteiger partial charge is 0.496 e. The van der Waals surface area contributed by atoms with Crippen LogP contribution in [0.25, 0.3) is 0 Å². The summed E-state index contributed by atoms with van der Waals surface area (Å²) in [5, 5.41) is 3.40. The second kappa shape index (κ2) is 6.76. The molecule has 2 nitrogen and oxygen atoms in total. The van der Waals surface area contributed by atoms with Crippen LogP contribution >= 0.6 is 15.9 Å². The molecule has 1 aliphatic rings. The minimum absolute atomic E-state index is 0.404. The highest BCUT2D eigenvalue weighted by Gasteiger charge is 2.32. The van der Waals surface area contributed by atoms with Gasteiger partial charge in [0.25, 0.3) is 0 Å². The Morgan fingerprint density at radius 2 is 2.00 bits per heavy atom. The molecule has 2 rings (SSSR count). The molecule has 3 heteroatoms. The smallest absolute Gasteiger partial charge is 0.122 e. The summed E-state index contributed by atoms with van der Waals surface area (Å²) in [6.07, 6.45) is 7.86. The Kier molecular flexibility index (Phi) is 5.28. The Morgan fingerprint density at radius 3 is 2.63 bits per heavy atom. The lowest BCUT2D eigenvalue weighted by Gasteiger charge is -2.38. The third-order valence-electron chi connectivity index (χ3n) is 4.27. The Balaban J connectivity index is 2.23. The highest BCUT2D eigenvalue weighted by atomic mass is 79.9. The van der Waals surface area contributed by atoms with E-state index in [-0.39, 0.29) is 0 Å². The summed E-state index contributed by atoms with van der Waals surface area (Å²) in [6, 6.07) is 6.33. The highest BCUT2D eigenvalue weighted by molar-refractivity contribution is 9.10. The first-order chi connectivity index (χ1) is 9.19. The van der Waals surface area contributed by atoms with Gasteiger partial charge in [0.1, 0.15) is 5.75 Å². The van der Waals surface area contributed by atoms with Crippen LogP contribution in [0.2, 0.25) is 0 Å². The Hall–Kier alpha value is -0.540. The van der Waals surface area contributed by atoms with Crippen LogP contribution in [-0.4, -0.2) is 20.7 Å². The molecule has 0 bridgehead atoms. The van der Waals surface area contributed by atoms with Crippen molar-refractivity contribution in [1.82, 2.24) is 5.32 Å². The Bertz CT molecular complexity index is 408. The van der Waals surface area contributed by atoms with Crippen LogP contribution in [0.4, 0.5) is 0 Å². The SMILES string of the molecule is CNCC1(Cc2cc(Br)ccc2OC)CCCCC1. The van der Waals surface area contributed by atoms with Crippen molar-refractivity contribution in [2.75, 3.05) is 20.7 Å². The molecular formula is C16H24BrNO. The molecule has 0 spiro atoms. The van der Waals surface area contributed by atoms with Gasteiger partial charge >= 0.3 is 0 Å². The molecule has 0 aliphatic heterocycles. The van der Waals surface area contributed by atoms with E-state index in [0.717, 1.165) is 23.2 Å². The average molecular weight is 326 g/mol. The number of hydrogen-bond donors (Lipinski definition) is 1. The van der Waals surface area contributed by atoms with Crippen LogP contribution in [0.5, 0.6) is 5.75 Å². The van der Waals surface area contributed by atoms with Crippen LogP contribution in [0.3, 0.4) is 0 Å². The molecule has 0 radical (unpaired) electrons. The normalized spacial score (nSPS) is 18.3. The molecule has 1 aliphatic carbocycles. The fourth-order valence-corrected chi connectivity index (χ4v) is 3.79. The number of benzene rings is 1. The number of rotatable bonds is 5. The summed E-state index contributed by atoms with van der Waals surface area (Å²) < 4.78 is 6.66. The third-order valence-corrected chi connectivity index (χ3v) is 4.77. The first-order valence-corrected chi connectivity index (χ1v) is 7.95. The minimum Gasteiger partial charge on any atom is -0.496 e. The van der Waals surface area contributed by atoms with Gasteiger partial charge in [0.15, 0.2) is 0 Å². The molecule has 106 valence electrons. The lowest BCUT2D eigenvalue weighted by atomic mass is 9.70. The maximum Gasteiger partial charge on any atom is 0.122 e. The molecule has 0 aromatic heterocycles. The number of hydrogen-bond acceptors (Lipinski definition) is 2. The van der Waals surface area contributed by atoms with Gasteiger partial charge < -0.3 is 10.1 Å². The molecule has 1 aromatic rings. The summed E-state index contributed by atoms with van der Waals surface area (Å²) in [6.45, 7) is 1.10. The molecule has 1 aromatic carbocycles. The van der Waals surface area contributed by atoms with E-state index >= 15 is 0 Å². The van der Waals surface area contributed by atoms with E-state index in [1.54, 1.807) is 7.11 Å². The van der Waals surface area contributed by atoms with Crippen molar-refractivity contribution in [3.05, 3.63) is 28.2 Å². The molecule has 19 heavy (non-hydrogen) atoms. The van der Waals surface area contributed by atoms with E-state index < -0.39 is 0 Å². The Labute approximate surface area is 125 Å². The molecule has 1 N–H and O–H groups in total. The summed E-state index contributed by atoms with van der Waals surface area (Å²) in [5.41, 5.74) is 1.73. The van der Waals surface area contributed by atoms with Gasteiger partial charge in [-0.2, -0.15) is 0 Å². The summed E-state index contributed by atoms with van der Waals surface area (Å²) >= 11 is 3.58. The molecule has 0 unspecified atom stereocenters. The van der Waals surface area contributed by atoms with E-state index in [1.807, 2.05) is 6.07 Å². The van der Waals surface area contributed by atoms with Gasteiger partial charge in [-0.1, -0.05) is 35.2 Å². The quantitative estimate of drug-likeness (QED) is 0.877. The van der Waals surface area contributed by atoms with Gasteiger partial charge in [0.05, 0.1) is 7.11 Å². The second-order valence-corrected chi connectivity index (χ2v) is 6.64. The number of nitrogens with one attached hydrogen (secondary N) is 1. The zero-order chi connectivity index (χ0) is 13.7. The summed E-state index contributed by atoms with van der Waals surface area (Å²) in [4.78, 5) is 0. The lowest BCUT2D eigenvalue weighted by molar-refractivity contribution is 0.183.